The predicted octanol–water partition coefficient (Wildman–Crippen LogP) is 2.83. The Balaban J connectivity index is 1.93. The normalized spacial score (nSPS) is 48.3. The number of fused-ring (bicyclic) bond motifs is 1. The zero-order valence-electron chi connectivity index (χ0n) is 6.27. The van der Waals surface area contributed by atoms with Gasteiger partial charge in [-0.1, -0.05) is 26.2 Å². The first-order valence-electron chi connectivity index (χ1n) is 4.42. The van der Waals surface area contributed by atoms with Crippen LogP contribution in [0.3, 0.4) is 0 Å². The molecule has 0 aliphatic heterocycles. The molecule has 0 nitrogen and oxygen atoms in total. The Morgan fingerprint density at radius 1 is 1.33 bits per heavy atom. The van der Waals surface area contributed by atoms with Crippen molar-refractivity contribution in [1.29, 1.82) is 0 Å². The van der Waals surface area contributed by atoms with Crippen LogP contribution in [0.15, 0.2) is 0 Å². The van der Waals surface area contributed by atoms with E-state index in [4.69, 9.17) is 0 Å². The lowest BCUT2D eigenvalue weighted by Crippen LogP contribution is -2.31. The highest BCUT2D eigenvalue weighted by molar-refractivity contribution is 4.92. The molecule has 2 saturated carbocycles. The third-order valence-corrected chi connectivity index (χ3v) is 3.45. The van der Waals surface area contributed by atoms with Gasteiger partial charge < -0.3 is 0 Å². The quantitative estimate of drug-likeness (QED) is 0.504. The lowest BCUT2D eigenvalue weighted by Gasteiger charge is -2.40. The zero-order chi connectivity index (χ0) is 6.27. The third kappa shape index (κ3) is 0.720. The van der Waals surface area contributed by atoms with Gasteiger partial charge in [0.1, 0.15) is 0 Å². The number of hydrogen-bond donors (Lipinski definition) is 0. The fourth-order valence-electron chi connectivity index (χ4n) is 2.82. The van der Waals surface area contributed by atoms with Crippen molar-refractivity contribution >= 4 is 0 Å². The van der Waals surface area contributed by atoms with E-state index in [0.717, 1.165) is 5.92 Å². The molecule has 0 saturated heterocycles. The Morgan fingerprint density at radius 3 is 2.89 bits per heavy atom. The molecule has 2 aliphatic carbocycles. The average Bonchev–Trinajstić information content (AvgIpc) is 2.14. The predicted molar refractivity (Wildman–Crippen MR) is 39.2 cm³/mol. The van der Waals surface area contributed by atoms with Crippen molar-refractivity contribution in [2.45, 2.75) is 39.0 Å². The molecule has 0 heteroatoms. The molecule has 0 aromatic rings. The molecule has 9 heavy (non-hydrogen) atoms. The molecule has 2 rings (SSSR count). The summed E-state index contributed by atoms with van der Waals surface area (Å²) < 4.78 is 0. The second-order valence-corrected chi connectivity index (χ2v) is 3.76. The van der Waals surface area contributed by atoms with Gasteiger partial charge in [0, 0.05) is 0 Å². The largest absolute Gasteiger partial charge is 0.0651 e. The maximum atomic E-state index is 2.35. The first-order valence-corrected chi connectivity index (χ1v) is 4.42. The van der Waals surface area contributed by atoms with E-state index in [-0.39, 0.29) is 0 Å². The lowest BCUT2D eigenvalue weighted by atomic mass is 9.66. The maximum absolute atomic E-state index is 2.35. The van der Waals surface area contributed by atoms with Crippen LogP contribution in [0.25, 0.3) is 0 Å². The molecule has 0 aromatic heterocycles. The summed E-state index contributed by atoms with van der Waals surface area (Å²) in [7, 11) is 0. The summed E-state index contributed by atoms with van der Waals surface area (Å²) in [5, 5.41) is 0. The molecule has 2 fully saturated rings. The molecular weight excluding hydrogens is 108 g/mol. The van der Waals surface area contributed by atoms with E-state index in [1.165, 1.54) is 24.7 Å². The summed E-state index contributed by atoms with van der Waals surface area (Å²) in [5.41, 5.74) is 0. The molecule has 0 spiro atoms. The van der Waals surface area contributed by atoms with Gasteiger partial charge in [0.15, 0.2) is 0 Å². The molecular formula is C9H16. The lowest BCUT2D eigenvalue weighted by molar-refractivity contribution is 0.0997. The minimum Gasteiger partial charge on any atom is -0.0651 e. The molecule has 2 aliphatic rings. The summed E-state index contributed by atoms with van der Waals surface area (Å²) >= 11 is 0. The summed E-state index contributed by atoms with van der Waals surface area (Å²) in [5.74, 6) is 3.49. The molecule has 0 aromatic carbocycles. The Kier molecular flexibility index (Phi) is 1.28. The van der Waals surface area contributed by atoms with E-state index >= 15 is 0 Å². The van der Waals surface area contributed by atoms with E-state index in [1.807, 2.05) is 0 Å². The molecule has 0 unspecified atom stereocenters. The highest BCUT2D eigenvalue weighted by atomic mass is 14.5. The van der Waals surface area contributed by atoms with Crippen molar-refractivity contribution < 1.29 is 0 Å². The highest BCUT2D eigenvalue weighted by Gasteiger charge is 2.41. The first kappa shape index (κ1) is 5.76. The fraction of sp³-hybridized carbons (Fsp3) is 1.00. The SMILES string of the molecule is CC[C@H]1C[C@H]2CCC[C@H]21. The van der Waals surface area contributed by atoms with E-state index in [1.54, 1.807) is 19.3 Å². The second kappa shape index (κ2) is 2.00. The Hall–Kier alpha value is 0. The summed E-state index contributed by atoms with van der Waals surface area (Å²) in [6.07, 6.45) is 7.67. The maximum Gasteiger partial charge on any atom is -0.0357 e. The van der Waals surface area contributed by atoms with Crippen molar-refractivity contribution in [3.63, 3.8) is 0 Å². The van der Waals surface area contributed by atoms with Crippen molar-refractivity contribution in [2.75, 3.05) is 0 Å². The van der Waals surface area contributed by atoms with E-state index in [2.05, 4.69) is 6.92 Å². The third-order valence-electron chi connectivity index (χ3n) is 3.45. The van der Waals surface area contributed by atoms with Gasteiger partial charge in [-0.2, -0.15) is 0 Å². The van der Waals surface area contributed by atoms with Crippen LogP contribution in [0.1, 0.15) is 39.0 Å². The van der Waals surface area contributed by atoms with Gasteiger partial charge in [-0.25, -0.2) is 0 Å². The van der Waals surface area contributed by atoms with E-state index in [0.29, 0.717) is 0 Å². The van der Waals surface area contributed by atoms with Gasteiger partial charge in [-0.15, -0.1) is 0 Å². The first-order chi connectivity index (χ1) is 4.42. The Labute approximate surface area is 57.6 Å². The minimum atomic E-state index is 1.14. The standard InChI is InChI=1S/C9H16/c1-2-7-6-8-4-3-5-9(7)8/h7-9H,2-6H2,1H3/t7-,8+,9-/m0/s1. The van der Waals surface area contributed by atoms with Crippen molar-refractivity contribution in [3.05, 3.63) is 0 Å². The molecule has 3 atom stereocenters. The van der Waals surface area contributed by atoms with Gasteiger partial charge in [-0.3, -0.25) is 0 Å². The zero-order valence-corrected chi connectivity index (χ0v) is 6.27. The van der Waals surface area contributed by atoms with Crippen LogP contribution in [0.5, 0.6) is 0 Å². The molecule has 0 heterocycles. The molecule has 0 radical (unpaired) electrons. The van der Waals surface area contributed by atoms with Crippen LogP contribution in [-0.2, 0) is 0 Å². The number of hydrogen-bond acceptors (Lipinski definition) is 0. The van der Waals surface area contributed by atoms with Gasteiger partial charge in [0.25, 0.3) is 0 Å². The smallest absolute Gasteiger partial charge is 0.0357 e. The second-order valence-electron chi connectivity index (χ2n) is 3.76. The average molecular weight is 124 g/mol. The summed E-state index contributed by atoms with van der Waals surface area (Å²) in [6, 6.07) is 0. The van der Waals surface area contributed by atoms with Crippen LogP contribution in [0.2, 0.25) is 0 Å². The molecule has 0 N–H and O–H groups in total. The van der Waals surface area contributed by atoms with Crippen LogP contribution in [0, 0.1) is 17.8 Å². The fourth-order valence-corrected chi connectivity index (χ4v) is 2.82. The summed E-state index contributed by atoms with van der Waals surface area (Å²) in [4.78, 5) is 0. The number of rotatable bonds is 1. The van der Waals surface area contributed by atoms with Gasteiger partial charge >= 0.3 is 0 Å². The van der Waals surface area contributed by atoms with Crippen molar-refractivity contribution in [2.24, 2.45) is 17.8 Å². The molecule has 0 amide bonds. The van der Waals surface area contributed by atoms with Crippen LogP contribution in [-0.4, -0.2) is 0 Å². The minimum absolute atomic E-state index is 1.14. The monoisotopic (exact) mass is 124 g/mol. The molecule has 0 bridgehead atoms. The van der Waals surface area contributed by atoms with Gasteiger partial charge in [-0.05, 0) is 30.6 Å². The van der Waals surface area contributed by atoms with Crippen LogP contribution in [0.4, 0.5) is 0 Å². The Morgan fingerprint density at radius 2 is 2.22 bits per heavy atom. The topological polar surface area (TPSA) is 0 Å². The van der Waals surface area contributed by atoms with Gasteiger partial charge in [0.2, 0.25) is 0 Å². The highest BCUT2D eigenvalue weighted by Crippen LogP contribution is 2.52. The van der Waals surface area contributed by atoms with E-state index < -0.39 is 0 Å². The Bertz CT molecular complexity index is 107. The van der Waals surface area contributed by atoms with Gasteiger partial charge in [0.05, 0.1) is 0 Å². The van der Waals surface area contributed by atoms with Crippen LogP contribution < -0.4 is 0 Å². The van der Waals surface area contributed by atoms with Crippen LogP contribution >= 0.6 is 0 Å². The van der Waals surface area contributed by atoms with E-state index in [9.17, 15) is 0 Å². The van der Waals surface area contributed by atoms with Crippen molar-refractivity contribution in [3.8, 4) is 0 Å². The van der Waals surface area contributed by atoms with Crippen molar-refractivity contribution in [1.82, 2.24) is 0 Å². The molecule has 52 valence electrons. The summed E-state index contributed by atoms with van der Waals surface area (Å²) in [6.45, 7) is 2.35.